The maximum Gasteiger partial charge on any atom is 0.0623 e. The molecule has 0 spiro atoms. The van der Waals surface area contributed by atoms with Crippen molar-refractivity contribution < 1.29 is 0 Å². The second-order valence-electron chi connectivity index (χ2n) is 14.5. The molecule has 0 aliphatic heterocycles. The van der Waals surface area contributed by atoms with E-state index in [0.717, 1.165) is 0 Å². The Kier molecular flexibility index (Phi) is 5.19. The normalized spacial score (nSPS) is 15.1. The maximum absolute atomic E-state index is 2.51. The third-order valence-corrected chi connectivity index (χ3v) is 11.4. The van der Waals surface area contributed by atoms with E-state index in [0.29, 0.717) is 0 Å². The van der Waals surface area contributed by atoms with Gasteiger partial charge in [-0.1, -0.05) is 143 Å². The summed E-state index contributed by atoms with van der Waals surface area (Å²) in [6.07, 6.45) is 0. The van der Waals surface area contributed by atoms with Crippen LogP contribution in [0.1, 0.15) is 49.9 Å². The molecule has 0 bridgehead atoms. The highest BCUT2D eigenvalue weighted by atomic mass is 15.0. The van der Waals surface area contributed by atoms with Crippen LogP contribution >= 0.6 is 0 Å². The summed E-state index contributed by atoms with van der Waals surface area (Å²) in [5.74, 6) is 0. The minimum absolute atomic E-state index is 0.0143. The quantitative estimate of drug-likeness (QED) is 0.186. The van der Waals surface area contributed by atoms with Crippen molar-refractivity contribution in [1.82, 2.24) is 4.57 Å². The lowest BCUT2D eigenvalue weighted by Crippen LogP contribution is -2.15. The zero-order valence-electron chi connectivity index (χ0n) is 27.2. The van der Waals surface area contributed by atoms with Crippen LogP contribution in [0.25, 0.3) is 71.6 Å². The molecule has 0 unspecified atom stereocenters. The van der Waals surface area contributed by atoms with Gasteiger partial charge in [0, 0.05) is 32.7 Å². The molecule has 1 aromatic heterocycles. The molecule has 0 atom stereocenters. The summed E-state index contributed by atoms with van der Waals surface area (Å²) < 4.78 is 2.51. The van der Waals surface area contributed by atoms with E-state index in [1.165, 1.54) is 93.9 Å². The first-order valence-electron chi connectivity index (χ1n) is 16.8. The molecular formula is C46H35N. The monoisotopic (exact) mass is 601 g/mol. The smallest absolute Gasteiger partial charge is 0.0623 e. The molecule has 10 rings (SSSR count). The van der Waals surface area contributed by atoms with Crippen molar-refractivity contribution in [2.45, 2.75) is 38.5 Å². The molecule has 47 heavy (non-hydrogen) atoms. The molecule has 0 amide bonds. The van der Waals surface area contributed by atoms with Crippen LogP contribution in [-0.4, -0.2) is 4.57 Å². The van der Waals surface area contributed by atoms with Crippen LogP contribution in [0.4, 0.5) is 0 Å². The van der Waals surface area contributed by atoms with Gasteiger partial charge in [-0.05, 0) is 85.3 Å². The first-order valence-corrected chi connectivity index (χ1v) is 16.8. The SMILES string of the molecule is CC1(C)c2ccccc2-c2ccc(-c3ccc(-n4c5ccccc5c5c6c(c7ccccc7c54)-c4ccccc4C6(C)C)cc3)cc21. The predicted octanol–water partition coefficient (Wildman–Crippen LogP) is 12.2. The maximum atomic E-state index is 2.51. The van der Waals surface area contributed by atoms with Crippen molar-refractivity contribution in [3.63, 3.8) is 0 Å². The Labute approximate surface area is 275 Å². The molecule has 0 fully saturated rings. The van der Waals surface area contributed by atoms with Gasteiger partial charge in [-0.2, -0.15) is 0 Å². The highest BCUT2D eigenvalue weighted by Crippen LogP contribution is 2.56. The summed E-state index contributed by atoms with van der Waals surface area (Å²) in [4.78, 5) is 0. The Morgan fingerprint density at radius 1 is 0.447 bits per heavy atom. The summed E-state index contributed by atoms with van der Waals surface area (Å²) in [7, 11) is 0. The fourth-order valence-electron chi connectivity index (χ4n) is 9.16. The van der Waals surface area contributed by atoms with E-state index >= 15 is 0 Å². The highest BCUT2D eigenvalue weighted by Gasteiger charge is 2.40. The van der Waals surface area contributed by atoms with Gasteiger partial charge in [0.1, 0.15) is 0 Å². The lowest BCUT2D eigenvalue weighted by molar-refractivity contribution is 0.660. The fraction of sp³-hybridized carbons (Fsp3) is 0.130. The van der Waals surface area contributed by atoms with Gasteiger partial charge in [-0.25, -0.2) is 0 Å². The second kappa shape index (κ2) is 9.11. The Bertz CT molecular complexity index is 2610. The molecular weight excluding hydrogens is 567 g/mol. The van der Waals surface area contributed by atoms with Crippen LogP contribution in [0.15, 0.2) is 140 Å². The molecule has 8 aromatic rings. The average Bonchev–Trinajstić information content (AvgIpc) is 3.66. The van der Waals surface area contributed by atoms with E-state index in [2.05, 4.69) is 172 Å². The van der Waals surface area contributed by atoms with Crippen molar-refractivity contribution in [2.24, 2.45) is 0 Å². The van der Waals surface area contributed by atoms with E-state index in [4.69, 9.17) is 0 Å². The van der Waals surface area contributed by atoms with Crippen LogP contribution in [0, 0.1) is 0 Å². The molecule has 0 saturated heterocycles. The van der Waals surface area contributed by atoms with E-state index in [-0.39, 0.29) is 10.8 Å². The lowest BCUT2D eigenvalue weighted by Gasteiger charge is -2.23. The fourth-order valence-corrected chi connectivity index (χ4v) is 9.16. The first kappa shape index (κ1) is 26.8. The zero-order chi connectivity index (χ0) is 31.7. The van der Waals surface area contributed by atoms with Gasteiger partial charge >= 0.3 is 0 Å². The Balaban J connectivity index is 1.20. The van der Waals surface area contributed by atoms with E-state index in [1.54, 1.807) is 0 Å². The van der Waals surface area contributed by atoms with Crippen LogP contribution in [-0.2, 0) is 10.8 Å². The van der Waals surface area contributed by atoms with Gasteiger partial charge in [-0.15, -0.1) is 0 Å². The minimum Gasteiger partial charge on any atom is -0.309 e. The minimum atomic E-state index is -0.117. The van der Waals surface area contributed by atoms with E-state index in [1.807, 2.05) is 0 Å². The number of nitrogens with zero attached hydrogens (tertiary/aromatic N) is 1. The summed E-state index contributed by atoms with van der Waals surface area (Å²) in [5, 5.41) is 5.32. The van der Waals surface area contributed by atoms with E-state index < -0.39 is 0 Å². The second-order valence-corrected chi connectivity index (χ2v) is 14.5. The van der Waals surface area contributed by atoms with Gasteiger partial charge in [0.15, 0.2) is 0 Å². The molecule has 1 nitrogen and oxygen atoms in total. The number of fused-ring (bicyclic) bond motifs is 13. The van der Waals surface area contributed by atoms with Gasteiger partial charge in [-0.3, -0.25) is 0 Å². The van der Waals surface area contributed by atoms with Crippen LogP contribution in [0.2, 0.25) is 0 Å². The van der Waals surface area contributed by atoms with Crippen LogP contribution < -0.4 is 0 Å². The average molecular weight is 602 g/mol. The summed E-state index contributed by atoms with van der Waals surface area (Å²) >= 11 is 0. The van der Waals surface area contributed by atoms with Gasteiger partial charge in [0.25, 0.3) is 0 Å². The zero-order valence-corrected chi connectivity index (χ0v) is 27.2. The molecule has 0 radical (unpaired) electrons. The number of rotatable bonds is 2. The standard InChI is InChI=1S/C46H35N/c1-45(2)37-18-10-7-13-31(37)32-26-23-29(27-39(32)45)28-21-24-30(25-22-28)47-40-20-12-9-17-36(40)42-43-41(33-14-5-6-15-34(33)44(42)47)35-16-8-11-19-38(35)46(43,3)4/h5-27H,1-4H3. The lowest BCUT2D eigenvalue weighted by atomic mass is 9.79. The number of aromatic nitrogens is 1. The summed E-state index contributed by atoms with van der Waals surface area (Å²) in [6.45, 7) is 9.52. The number of para-hydroxylation sites is 1. The molecule has 7 aromatic carbocycles. The molecule has 0 N–H and O–H groups in total. The molecule has 1 heterocycles. The predicted molar refractivity (Wildman–Crippen MR) is 199 cm³/mol. The number of hydrogen-bond acceptors (Lipinski definition) is 0. The summed E-state index contributed by atoms with van der Waals surface area (Å²) in [5.41, 5.74) is 17.3. The first-order chi connectivity index (χ1) is 22.9. The topological polar surface area (TPSA) is 4.93 Å². The third-order valence-electron chi connectivity index (χ3n) is 11.4. The van der Waals surface area contributed by atoms with Crippen molar-refractivity contribution in [3.05, 3.63) is 162 Å². The van der Waals surface area contributed by atoms with Crippen molar-refractivity contribution in [3.8, 4) is 39.1 Å². The van der Waals surface area contributed by atoms with Crippen molar-refractivity contribution in [2.75, 3.05) is 0 Å². The van der Waals surface area contributed by atoms with Gasteiger partial charge in [0.2, 0.25) is 0 Å². The van der Waals surface area contributed by atoms with Crippen molar-refractivity contribution >= 4 is 32.6 Å². The van der Waals surface area contributed by atoms with Gasteiger partial charge in [0.05, 0.1) is 11.0 Å². The Morgan fingerprint density at radius 3 is 1.79 bits per heavy atom. The molecule has 2 aliphatic carbocycles. The molecule has 0 saturated carbocycles. The Hall–Kier alpha value is -5.40. The van der Waals surface area contributed by atoms with Crippen molar-refractivity contribution in [1.29, 1.82) is 0 Å². The third kappa shape index (κ3) is 3.39. The molecule has 1 heteroatoms. The van der Waals surface area contributed by atoms with Crippen LogP contribution in [0.3, 0.4) is 0 Å². The Morgan fingerprint density at radius 2 is 1.02 bits per heavy atom. The largest absolute Gasteiger partial charge is 0.309 e. The molecule has 224 valence electrons. The number of hydrogen-bond donors (Lipinski definition) is 0. The number of benzene rings is 7. The summed E-state index contributed by atoms with van der Waals surface area (Å²) in [6, 6.07) is 52.2. The highest BCUT2D eigenvalue weighted by molar-refractivity contribution is 6.25. The van der Waals surface area contributed by atoms with Gasteiger partial charge < -0.3 is 4.57 Å². The van der Waals surface area contributed by atoms with E-state index in [9.17, 15) is 0 Å². The van der Waals surface area contributed by atoms with Crippen LogP contribution in [0.5, 0.6) is 0 Å². The molecule has 2 aliphatic rings.